The van der Waals surface area contributed by atoms with E-state index in [9.17, 15) is 0 Å². The van der Waals surface area contributed by atoms with Crippen molar-refractivity contribution in [2.45, 2.75) is 5.41 Å². The molecule has 0 radical (unpaired) electrons. The third-order valence-corrected chi connectivity index (χ3v) is 8.85. The molecule has 0 saturated heterocycles. The van der Waals surface area contributed by atoms with E-state index in [-0.39, 0.29) is 0 Å². The van der Waals surface area contributed by atoms with Gasteiger partial charge in [0, 0.05) is 12.4 Å². The van der Waals surface area contributed by atoms with E-state index in [2.05, 4.69) is 169 Å². The van der Waals surface area contributed by atoms with E-state index in [4.69, 9.17) is 0 Å². The fraction of sp³-hybridized carbons (Fsp3) is 0.0238. The molecule has 1 unspecified atom stereocenters. The number of hydrogen-bond acceptors (Lipinski definition) is 1. The zero-order valence-corrected chi connectivity index (χ0v) is 23.7. The van der Waals surface area contributed by atoms with Crippen LogP contribution >= 0.6 is 0 Å². The largest absolute Gasteiger partial charge is 0.265 e. The van der Waals surface area contributed by atoms with Gasteiger partial charge in [0.15, 0.2) is 0 Å². The predicted molar refractivity (Wildman–Crippen MR) is 178 cm³/mol. The molecule has 1 heteroatoms. The molecule has 1 nitrogen and oxygen atoms in total. The molecule has 7 aromatic rings. The van der Waals surface area contributed by atoms with Gasteiger partial charge in [-0.1, -0.05) is 133 Å². The molecule has 1 aromatic heterocycles. The van der Waals surface area contributed by atoms with Crippen LogP contribution in [0.15, 0.2) is 176 Å². The molecular weight excluding hydrogens is 518 g/mol. The normalized spacial score (nSPS) is 15.1. The fourth-order valence-electron chi connectivity index (χ4n) is 7.03. The van der Waals surface area contributed by atoms with E-state index >= 15 is 0 Å². The second-order valence-electron chi connectivity index (χ2n) is 11.2. The van der Waals surface area contributed by atoms with Crippen molar-refractivity contribution < 1.29 is 0 Å². The van der Waals surface area contributed by atoms with Gasteiger partial charge in [0.25, 0.3) is 0 Å². The number of rotatable bonds is 5. The van der Waals surface area contributed by atoms with E-state index in [1.807, 2.05) is 12.4 Å². The van der Waals surface area contributed by atoms with Gasteiger partial charge in [0.2, 0.25) is 0 Å². The van der Waals surface area contributed by atoms with Crippen molar-refractivity contribution in [1.82, 2.24) is 4.98 Å². The van der Waals surface area contributed by atoms with E-state index in [0.29, 0.717) is 0 Å². The Morgan fingerprint density at radius 1 is 0.349 bits per heavy atom. The molecule has 0 amide bonds. The standard InChI is InChI=1S/C42H29N/c1-4-13-30(14-5-1)32-27-33(31-15-6-2-7-16-31)29-34(28-32)37-20-12-22-40-41(37)38-19-10-11-21-39(38)42(40,35-17-8-3-9-18-35)36-23-25-43-26-24-36/h1-29H. The minimum Gasteiger partial charge on any atom is -0.265 e. The monoisotopic (exact) mass is 547 g/mol. The summed E-state index contributed by atoms with van der Waals surface area (Å²) < 4.78 is 0. The summed E-state index contributed by atoms with van der Waals surface area (Å²) in [5, 5.41) is 0. The van der Waals surface area contributed by atoms with Crippen LogP contribution in [-0.4, -0.2) is 4.98 Å². The van der Waals surface area contributed by atoms with E-state index < -0.39 is 5.41 Å². The first kappa shape index (κ1) is 25.2. The number of aromatic nitrogens is 1. The lowest BCUT2D eigenvalue weighted by Crippen LogP contribution is -2.28. The first-order valence-electron chi connectivity index (χ1n) is 14.8. The number of fused-ring (bicyclic) bond motifs is 3. The highest BCUT2D eigenvalue weighted by molar-refractivity contribution is 5.97. The van der Waals surface area contributed by atoms with Crippen molar-refractivity contribution in [3.63, 3.8) is 0 Å². The van der Waals surface area contributed by atoms with Gasteiger partial charge >= 0.3 is 0 Å². The smallest absolute Gasteiger partial charge is 0.0714 e. The minimum atomic E-state index is -0.453. The third-order valence-electron chi connectivity index (χ3n) is 8.85. The van der Waals surface area contributed by atoms with Crippen LogP contribution in [0, 0.1) is 0 Å². The topological polar surface area (TPSA) is 12.9 Å². The van der Waals surface area contributed by atoms with Crippen molar-refractivity contribution in [2.75, 3.05) is 0 Å². The molecule has 0 fully saturated rings. The van der Waals surface area contributed by atoms with Crippen LogP contribution in [0.5, 0.6) is 0 Å². The number of benzene rings is 6. The van der Waals surface area contributed by atoms with Gasteiger partial charge in [-0.3, -0.25) is 4.98 Å². The molecule has 0 bridgehead atoms. The Morgan fingerprint density at radius 2 is 0.837 bits per heavy atom. The number of hydrogen-bond donors (Lipinski definition) is 0. The van der Waals surface area contributed by atoms with Crippen LogP contribution < -0.4 is 0 Å². The SMILES string of the molecule is c1ccc(-c2cc(-c3ccccc3)cc(-c3cccc4c3-c3ccccc3C4(c3ccccc3)c3ccncc3)c2)cc1. The second kappa shape index (κ2) is 10.4. The van der Waals surface area contributed by atoms with Crippen LogP contribution in [0.1, 0.15) is 22.3 Å². The lowest BCUT2D eigenvalue weighted by atomic mass is 9.68. The van der Waals surface area contributed by atoms with Crippen LogP contribution in [0.3, 0.4) is 0 Å². The molecule has 1 aliphatic rings. The zero-order chi connectivity index (χ0) is 28.6. The van der Waals surface area contributed by atoms with Crippen molar-refractivity contribution in [3.8, 4) is 44.5 Å². The molecule has 0 N–H and O–H groups in total. The van der Waals surface area contributed by atoms with E-state index in [1.165, 1.54) is 66.8 Å². The lowest BCUT2D eigenvalue weighted by molar-refractivity contribution is 0.766. The molecule has 202 valence electrons. The molecule has 8 rings (SSSR count). The summed E-state index contributed by atoms with van der Waals surface area (Å²) in [5.74, 6) is 0. The zero-order valence-electron chi connectivity index (χ0n) is 23.7. The van der Waals surface area contributed by atoms with Crippen LogP contribution in [0.25, 0.3) is 44.5 Å². The first-order chi connectivity index (χ1) is 21.3. The van der Waals surface area contributed by atoms with E-state index in [1.54, 1.807) is 0 Å². The Balaban J connectivity index is 1.45. The molecule has 0 spiro atoms. The maximum Gasteiger partial charge on any atom is 0.0714 e. The molecule has 6 aromatic carbocycles. The maximum atomic E-state index is 4.40. The van der Waals surface area contributed by atoms with Gasteiger partial charge in [-0.05, 0) is 97.1 Å². The Hall–Kier alpha value is -5.53. The van der Waals surface area contributed by atoms with Crippen LogP contribution in [0.4, 0.5) is 0 Å². The van der Waals surface area contributed by atoms with E-state index in [0.717, 1.165) is 0 Å². The highest BCUT2D eigenvalue weighted by atomic mass is 14.6. The van der Waals surface area contributed by atoms with Gasteiger partial charge in [-0.25, -0.2) is 0 Å². The Bertz CT molecular complexity index is 1950. The summed E-state index contributed by atoms with van der Waals surface area (Å²) >= 11 is 0. The van der Waals surface area contributed by atoms with Gasteiger partial charge in [-0.15, -0.1) is 0 Å². The van der Waals surface area contributed by atoms with Gasteiger partial charge < -0.3 is 0 Å². The van der Waals surface area contributed by atoms with Crippen molar-refractivity contribution in [1.29, 1.82) is 0 Å². The third kappa shape index (κ3) is 4.05. The summed E-state index contributed by atoms with van der Waals surface area (Å²) in [4.78, 5) is 4.40. The van der Waals surface area contributed by atoms with Gasteiger partial charge in [0.1, 0.15) is 0 Å². The summed E-state index contributed by atoms with van der Waals surface area (Å²) in [5.41, 5.74) is 14.5. The Kier molecular flexibility index (Phi) is 6.09. The summed E-state index contributed by atoms with van der Waals surface area (Å²) in [6.07, 6.45) is 3.83. The predicted octanol–water partition coefficient (Wildman–Crippen LogP) is 10.4. The highest BCUT2D eigenvalue weighted by Gasteiger charge is 2.46. The average Bonchev–Trinajstić information content (AvgIpc) is 3.41. The second-order valence-corrected chi connectivity index (χ2v) is 11.2. The summed E-state index contributed by atoms with van der Waals surface area (Å²) in [7, 11) is 0. The molecule has 1 heterocycles. The van der Waals surface area contributed by atoms with Crippen molar-refractivity contribution in [2.24, 2.45) is 0 Å². The number of nitrogens with zero attached hydrogens (tertiary/aromatic N) is 1. The highest BCUT2D eigenvalue weighted by Crippen LogP contribution is 2.58. The number of pyridine rings is 1. The van der Waals surface area contributed by atoms with Gasteiger partial charge in [0.05, 0.1) is 5.41 Å². The summed E-state index contributed by atoms with van der Waals surface area (Å²) in [6.45, 7) is 0. The van der Waals surface area contributed by atoms with Gasteiger partial charge in [-0.2, -0.15) is 0 Å². The van der Waals surface area contributed by atoms with Crippen LogP contribution in [0.2, 0.25) is 0 Å². The molecular formula is C42H29N. The minimum absolute atomic E-state index is 0.453. The molecule has 1 aliphatic carbocycles. The lowest BCUT2D eigenvalue weighted by Gasteiger charge is -2.33. The van der Waals surface area contributed by atoms with Crippen molar-refractivity contribution >= 4 is 0 Å². The fourth-order valence-corrected chi connectivity index (χ4v) is 7.03. The molecule has 0 aliphatic heterocycles. The first-order valence-corrected chi connectivity index (χ1v) is 14.8. The summed E-state index contributed by atoms with van der Waals surface area (Å²) in [6, 6.07) is 59.5. The average molecular weight is 548 g/mol. The molecule has 0 saturated carbocycles. The van der Waals surface area contributed by atoms with Crippen LogP contribution in [-0.2, 0) is 5.41 Å². The maximum absolute atomic E-state index is 4.40. The van der Waals surface area contributed by atoms with Crippen molar-refractivity contribution in [3.05, 3.63) is 198 Å². The molecule has 43 heavy (non-hydrogen) atoms. The Labute approximate surface area is 252 Å². The molecule has 1 atom stereocenters. The quantitative estimate of drug-likeness (QED) is 0.209. The Morgan fingerprint density at radius 3 is 1.49 bits per heavy atom.